The minimum absolute atomic E-state index is 0.108. The zero-order valence-corrected chi connectivity index (χ0v) is 21.2. The summed E-state index contributed by atoms with van der Waals surface area (Å²) in [5, 5.41) is 13.8. The molecule has 7 nitrogen and oxygen atoms in total. The maximum atomic E-state index is 11.7. The highest BCUT2D eigenvalue weighted by molar-refractivity contribution is 7.80. The summed E-state index contributed by atoms with van der Waals surface area (Å²) in [7, 11) is 0. The molecule has 0 radical (unpaired) electrons. The van der Waals surface area contributed by atoms with Crippen molar-refractivity contribution in [2.45, 2.75) is 39.4 Å². The van der Waals surface area contributed by atoms with E-state index in [2.05, 4.69) is 37.7 Å². The molecular weight excluding hydrogens is 470 g/mol. The summed E-state index contributed by atoms with van der Waals surface area (Å²) in [5.74, 6) is -0.942. The van der Waals surface area contributed by atoms with Crippen LogP contribution in [0.25, 0.3) is 5.69 Å². The van der Waals surface area contributed by atoms with Crippen molar-refractivity contribution in [2.75, 3.05) is 0 Å². The monoisotopic (exact) mass is 497 g/mol. The van der Waals surface area contributed by atoms with Crippen LogP contribution in [0, 0.1) is 20.8 Å². The van der Waals surface area contributed by atoms with Gasteiger partial charge in [-0.05, 0) is 92.1 Å². The van der Waals surface area contributed by atoms with Crippen LogP contribution in [-0.4, -0.2) is 35.6 Å². The Morgan fingerprint density at radius 2 is 1.83 bits per heavy atom. The summed E-state index contributed by atoms with van der Waals surface area (Å²) >= 11 is 5.84. The van der Waals surface area contributed by atoms with E-state index in [0.717, 1.165) is 39.5 Å². The summed E-state index contributed by atoms with van der Waals surface area (Å²) < 4.78 is 2.14. The number of hydrogen-bond donors (Lipinski definition) is 2. The lowest BCUT2D eigenvalue weighted by Crippen LogP contribution is -2.29. The average molecular weight is 498 g/mol. The fraction of sp³-hybridized carbons (Fsp3) is 0.214. The number of nitrogens with one attached hydrogen (secondary N) is 1. The van der Waals surface area contributed by atoms with E-state index in [1.54, 1.807) is 30.7 Å². The fourth-order valence-corrected chi connectivity index (χ4v) is 5.35. The summed E-state index contributed by atoms with van der Waals surface area (Å²) in [6.07, 6.45) is 5.38. The van der Waals surface area contributed by atoms with Gasteiger partial charge in [0.1, 0.15) is 0 Å². The van der Waals surface area contributed by atoms with Crippen LogP contribution in [0.4, 0.5) is 0 Å². The van der Waals surface area contributed by atoms with E-state index in [1.165, 1.54) is 0 Å². The van der Waals surface area contributed by atoms with Crippen LogP contribution in [0.5, 0.6) is 0 Å². The van der Waals surface area contributed by atoms with E-state index < -0.39 is 5.97 Å². The molecule has 1 saturated heterocycles. The Morgan fingerprint density at radius 1 is 1.06 bits per heavy atom. The Balaban J connectivity index is 1.64. The number of aromatic carboxylic acids is 1. The van der Waals surface area contributed by atoms with Crippen LogP contribution in [0.2, 0.25) is 0 Å². The van der Waals surface area contributed by atoms with Crippen molar-refractivity contribution in [1.82, 2.24) is 24.8 Å². The summed E-state index contributed by atoms with van der Waals surface area (Å²) in [6, 6.07) is 17.1. The van der Waals surface area contributed by atoms with Gasteiger partial charge < -0.3 is 19.9 Å². The van der Waals surface area contributed by atoms with Gasteiger partial charge >= 0.3 is 5.97 Å². The number of aromatic nitrogens is 3. The van der Waals surface area contributed by atoms with Gasteiger partial charge in [-0.3, -0.25) is 9.97 Å². The first-order valence-corrected chi connectivity index (χ1v) is 12.2. The maximum absolute atomic E-state index is 11.7. The van der Waals surface area contributed by atoms with Gasteiger partial charge in [0.25, 0.3) is 0 Å². The van der Waals surface area contributed by atoms with Crippen molar-refractivity contribution < 1.29 is 9.90 Å². The second kappa shape index (κ2) is 9.54. The molecule has 2 N–H and O–H groups in total. The molecule has 0 spiro atoms. The van der Waals surface area contributed by atoms with Gasteiger partial charge in [-0.1, -0.05) is 12.1 Å². The topological polar surface area (TPSA) is 83.3 Å². The lowest BCUT2D eigenvalue weighted by Gasteiger charge is -2.28. The zero-order valence-electron chi connectivity index (χ0n) is 20.3. The highest BCUT2D eigenvalue weighted by Gasteiger charge is 2.41. The molecule has 2 atom stereocenters. The first-order valence-electron chi connectivity index (χ1n) is 11.7. The number of rotatable bonds is 6. The molecule has 0 unspecified atom stereocenters. The minimum atomic E-state index is -0.942. The number of nitrogens with zero attached hydrogens (tertiary/aromatic N) is 4. The summed E-state index contributed by atoms with van der Waals surface area (Å²) in [6.45, 7) is 6.75. The smallest absolute Gasteiger partial charge is 0.335 e. The molecule has 3 aromatic heterocycles. The highest BCUT2D eigenvalue weighted by atomic mass is 32.1. The summed E-state index contributed by atoms with van der Waals surface area (Å²) in [4.78, 5) is 22.7. The third-order valence-corrected chi connectivity index (χ3v) is 7.14. The minimum Gasteiger partial charge on any atom is -0.478 e. The van der Waals surface area contributed by atoms with Crippen LogP contribution in [0.1, 0.15) is 56.2 Å². The molecule has 4 aromatic rings. The van der Waals surface area contributed by atoms with E-state index in [1.807, 2.05) is 50.2 Å². The molecule has 1 fully saturated rings. The van der Waals surface area contributed by atoms with Crippen LogP contribution in [-0.2, 0) is 6.54 Å². The van der Waals surface area contributed by atoms with E-state index in [9.17, 15) is 9.90 Å². The highest BCUT2D eigenvalue weighted by Crippen LogP contribution is 2.42. The Kier molecular flexibility index (Phi) is 6.28. The van der Waals surface area contributed by atoms with Crippen LogP contribution >= 0.6 is 12.2 Å². The molecular formula is C28H27N5O2S. The molecule has 1 aliphatic heterocycles. The second-order valence-electron chi connectivity index (χ2n) is 9.08. The predicted octanol–water partition coefficient (Wildman–Crippen LogP) is 5.06. The standard InChI is InChI=1S/C28H27N5O2S/c1-17-7-8-21(27(34)35)15-24(17)33-18(2)14-22(19(33)3)26-25(23-6-4-5-11-30-23)31-28(36)32(26)16-20-9-12-29-13-10-20/h4-15,25-26H,16H2,1-3H3,(H,31,36)(H,34,35)/t25-,26+/m1/s1. The summed E-state index contributed by atoms with van der Waals surface area (Å²) in [5.41, 5.74) is 7.33. The van der Waals surface area contributed by atoms with E-state index >= 15 is 0 Å². The first kappa shape index (κ1) is 23.7. The Morgan fingerprint density at radius 3 is 2.53 bits per heavy atom. The van der Waals surface area contributed by atoms with Crippen LogP contribution < -0.4 is 5.32 Å². The Bertz CT molecular complexity index is 1440. The molecule has 0 aliphatic carbocycles. The molecule has 0 amide bonds. The normalized spacial score (nSPS) is 17.3. The van der Waals surface area contributed by atoms with E-state index in [0.29, 0.717) is 11.7 Å². The van der Waals surface area contributed by atoms with Crippen molar-refractivity contribution in [3.05, 3.63) is 113 Å². The molecule has 1 aliphatic rings. The number of carbonyl (C=O) groups is 1. The number of aryl methyl sites for hydroxylation is 2. The van der Waals surface area contributed by atoms with Crippen molar-refractivity contribution in [3.8, 4) is 5.69 Å². The lowest BCUT2D eigenvalue weighted by molar-refractivity contribution is 0.0697. The SMILES string of the molecule is Cc1ccc(C(=O)O)cc1-n1c(C)cc([C@H]2[C@@H](c3ccccn3)NC(=S)N2Cc2ccncc2)c1C. The second-order valence-corrected chi connectivity index (χ2v) is 9.46. The molecule has 5 rings (SSSR count). The molecule has 36 heavy (non-hydrogen) atoms. The molecule has 0 bridgehead atoms. The molecule has 182 valence electrons. The predicted molar refractivity (Wildman–Crippen MR) is 142 cm³/mol. The third-order valence-electron chi connectivity index (χ3n) is 6.79. The Labute approximate surface area is 215 Å². The number of pyridine rings is 2. The number of benzene rings is 1. The van der Waals surface area contributed by atoms with Gasteiger partial charge in [-0.15, -0.1) is 0 Å². The maximum Gasteiger partial charge on any atom is 0.335 e. The number of thiocarbonyl (C=S) groups is 1. The Hall–Kier alpha value is -4.04. The largest absolute Gasteiger partial charge is 0.478 e. The van der Waals surface area contributed by atoms with Crippen LogP contribution in [0.3, 0.4) is 0 Å². The first-order chi connectivity index (χ1) is 17.3. The van der Waals surface area contributed by atoms with Gasteiger partial charge in [0.2, 0.25) is 0 Å². The lowest BCUT2D eigenvalue weighted by atomic mass is 9.96. The van der Waals surface area contributed by atoms with Gasteiger partial charge in [0.15, 0.2) is 5.11 Å². The van der Waals surface area contributed by atoms with Crippen molar-refractivity contribution >= 4 is 23.3 Å². The van der Waals surface area contributed by atoms with Gasteiger partial charge in [0.05, 0.1) is 23.3 Å². The van der Waals surface area contributed by atoms with Crippen molar-refractivity contribution in [3.63, 3.8) is 0 Å². The zero-order chi connectivity index (χ0) is 25.4. The molecule has 0 saturated carbocycles. The quantitative estimate of drug-likeness (QED) is 0.360. The van der Waals surface area contributed by atoms with Gasteiger partial charge in [-0.25, -0.2) is 4.79 Å². The van der Waals surface area contributed by atoms with Crippen molar-refractivity contribution in [2.24, 2.45) is 0 Å². The number of carboxylic acids is 1. The van der Waals surface area contributed by atoms with E-state index in [-0.39, 0.29) is 17.6 Å². The fourth-order valence-electron chi connectivity index (χ4n) is 5.04. The number of hydrogen-bond acceptors (Lipinski definition) is 4. The molecule has 4 heterocycles. The number of carboxylic acid groups (broad SMARTS) is 1. The van der Waals surface area contributed by atoms with Gasteiger partial charge in [0, 0.05) is 42.2 Å². The van der Waals surface area contributed by atoms with Crippen LogP contribution in [0.15, 0.2) is 73.2 Å². The van der Waals surface area contributed by atoms with Gasteiger partial charge in [-0.2, -0.15) is 0 Å². The average Bonchev–Trinajstić information content (AvgIpc) is 3.35. The molecule has 8 heteroatoms. The molecule has 1 aromatic carbocycles. The third kappa shape index (κ3) is 4.24. The van der Waals surface area contributed by atoms with E-state index in [4.69, 9.17) is 12.2 Å². The van der Waals surface area contributed by atoms with Crippen molar-refractivity contribution in [1.29, 1.82) is 0 Å².